The number of rotatable bonds is 8. The predicted molar refractivity (Wildman–Crippen MR) is 127 cm³/mol. The summed E-state index contributed by atoms with van der Waals surface area (Å²) in [5.41, 5.74) is 0.982. The number of halogens is 1. The normalized spacial score (nSPS) is 12.9. The molecule has 0 saturated carbocycles. The second kappa shape index (κ2) is 11.7. The maximum atomic E-state index is 12.7. The highest BCUT2D eigenvalue weighted by molar-refractivity contribution is 14.0. The Morgan fingerprint density at radius 2 is 1.96 bits per heavy atom. The first-order chi connectivity index (χ1) is 12.9. The van der Waals surface area contributed by atoms with Gasteiger partial charge in [0.1, 0.15) is 0 Å². The van der Waals surface area contributed by atoms with Gasteiger partial charge in [-0.2, -0.15) is 0 Å². The van der Waals surface area contributed by atoms with Crippen molar-refractivity contribution in [3.8, 4) is 0 Å². The summed E-state index contributed by atoms with van der Waals surface area (Å²) in [7, 11) is -1.42. The third kappa shape index (κ3) is 7.32. The zero-order valence-corrected chi connectivity index (χ0v) is 20.7. The number of nitrogens with one attached hydrogen (secondary N) is 1. The largest absolute Gasteiger partial charge is 0.352 e. The number of thiazole rings is 1. The van der Waals surface area contributed by atoms with Crippen molar-refractivity contribution in [2.24, 2.45) is 4.99 Å². The maximum Gasteiger partial charge on any atom is 0.194 e. The van der Waals surface area contributed by atoms with Gasteiger partial charge in [0.15, 0.2) is 15.8 Å². The Morgan fingerprint density at radius 1 is 1.29 bits per heavy atom. The molecular formula is C19H29IN4O2S2. The zero-order chi connectivity index (χ0) is 19.9. The van der Waals surface area contributed by atoms with Crippen molar-refractivity contribution in [2.45, 2.75) is 44.7 Å². The van der Waals surface area contributed by atoms with Crippen LogP contribution < -0.4 is 5.32 Å². The van der Waals surface area contributed by atoms with Crippen LogP contribution in [0.1, 0.15) is 31.0 Å². The summed E-state index contributed by atoms with van der Waals surface area (Å²) in [6, 6.07) is 8.36. The van der Waals surface area contributed by atoms with Crippen molar-refractivity contribution in [3.05, 3.63) is 46.4 Å². The molecule has 2 rings (SSSR count). The van der Waals surface area contributed by atoms with Gasteiger partial charge in [0, 0.05) is 25.0 Å². The maximum absolute atomic E-state index is 12.7. The van der Waals surface area contributed by atoms with E-state index in [1.807, 2.05) is 44.2 Å². The van der Waals surface area contributed by atoms with Gasteiger partial charge in [-0.15, -0.1) is 35.3 Å². The molecular weight excluding hydrogens is 507 g/mol. The van der Waals surface area contributed by atoms with Crippen LogP contribution in [0, 0.1) is 6.92 Å². The van der Waals surface area contributed by atoms with Crippen LogP contribution in [0.5, 0.6) is 0 Å². The number of guanidine groups is 1. The lowest BCUT2D eigenvalue weighted by Gasteiger charge is -2.26. The van der Waals surface area contributed by atoms with Crippen LogP contribution >= 0.6 is 35.3 Å². The van der Waals surface area contributed by atoms with Crippen LogP contribution in [0.15, 0.2) is 45.6 Å². The highest BCUT2D eigenvalue weighted by atomic mass is 127. The van der Waals surface area contributed by atoms with Crippen molar-refractivity contribution in [1.29, 1.82) is 0 Å². The predicted octanol–water partition coefficient (Wildman–Crippen LogP) is 3.72. The van der Waals surface area contributed by atoms with Gasteiger partial charge >= 0.3 is 0 Å². The Hall–Kier alpha value is -1.20. The Bertz CT molecular complexity index is 854. The number of hydrogen-bond acceptors (Lipinski definition) is 5. The summed E-state index contributed by atoms with van der Waals surface area (Å²) >= 11 is 1.62. The van der Waals surface area contributed by atoms with Gasteiger partial charge in [0.25, 0.3) is 0 Å². The van der Waals surface area contributed by atoms with Crippen LogP contribution in [0.4, 0.5) is 0 Å². The zero-order valence-electron chi connectivity index (χ0n) is 16.8. The number of aliphatic imine (C=N–C) groups is 1. The average molecular weight is 537 g/mol. The highest BCUT2D eigenvalue weighted by Gasteiger charge is 2.22. The Labute approximate surface area is 189 Å². The van der Waals surface area contributed by atoms with E-state index < -0.39 is 9.84 Å². The Balaban J connectivity index is 0.00000392. The van der Waals surface area contributed by atoms with E-state index in [-0.39, 0.29) is 35.8 Å². The second-order valence-corrected chi connectivity index (χ2v) is 9.45. The molecule has 28 heavy (non-hydrogen) atoms. The van der Waals surface area contributed by atoms with Crippen molar-refractivity contribution >= 4 is 51.1 Å². The van der Waals surface area contributed by atoms with E-state index >= 15 is 0 Å². The van der Waals surface area contributed by atoms with E-state index in [2.05, 4.69) is 15.3 Å². The minimum atomic E-state index is -3.36. The topological polar surface area (TPSA) is 74.7 Å². The quantitative estimate of drug-likeness (QED) is 0.316. The summed E-state index contributed by atoms with van der Waals surface area (Å²) in [4.78, 5) is 11.4. The lowest BCUT2D eigenvalue weighted by Crippen LogP contribution is -2.46. The molecule has 0 spiro atoms. The molecule has 0 radical (unpaired) electrons. The number of aryl methyl sites for hydroxylation is 1. The number of aromatic nitrogens is 1. The summed E-state index contributed by atoms with van der Waals surface area (Å²) in [6.45, 7) is 7.16. The van der Waals surface area contributed by atoms with E-state index in [1.54, 1.807) is 35.6 Å². The number of sulfone groups is 1. The van der Waals surface area contributed by atoms with Crippen molar-refractivity contribution in [3.63, 3.8) is 0 Å². The van der Waals surface area contributed by atoms with Gasteiger partial charge in [-0.25, -0.2) is 13.4 Å². The van der Waals surface area contributed by atoms with Gasteiger partial charge in [0.2, 0.25) is 0 Å². The van der Waals surface area contributed by atoms with Crippen LogP contribution in [-0.2, 0) is 16.4 Å². The Morgan fingerprint density at radius 3 is 2.50 bits per heavy atom. The molecule has 0 aliphatic heterocycles. The first kappa shape index (κ1) is 24.8. The molecule has 1 atom stereocenters. The molecule has 1 aromatic heterocycles. The number of hydrogen-bond donors (Lipinski definition) is 1. The van der Waals surface area contributed by atoms with E-state index in [0.717, 1.165) is 10.7 Å². The molecule has 156 valence electrons. The minimum absolute atomic E-state index is 0. The van der Waals surface area contributed by atoms with Gasteiger partial charge < -0.3 is 10.2 Å². The molecule has 1 N–H and O–H groups in total. The van der Waals surface area contributed by atoms with E-state index in [1.165, 1.54) is 0 Å². The van der Waals surface area contributed by atoms with Gasteiger partial charge in [-0.3, -0.25) is 4.99 Å². The second-order valence-electron chi connectivity index (χ2n) is 6.36. The highest BCUT2D eigenvalue weighted by Crippen LogP contribution is 2.13. The van der Waals surface area contributed by atoms with Crippen molar-refractivity contribution < 1.29 is 8.42 Å². The molecule has 0 aliphatic rings. The van der Waals surface area contributed by atoms with E-state index in [4.69, 9.17) is 0 Å². The van der Waals surface area contributed by atoms with E-state index in [9.17, 15) is 8.42 Å². The molecule has 0 fully saturated rings. The summed E-state index contributed by atoms with van der Waals surface area (Å²) in [5.74, 6) is 0.721. The summed E-state index contributed by atoms with van der Waals surface area (Å²) < 4.78 is 25.4. The average Bonchev–Trinajstić information content (AvgIpc) is 3.05. The van der Waals surface area contributed by atoms with Gasteiger partial charge in [-0.05, 0) is 32.4 Å². The Kier molecular flexibility index (Phi) is 10.4. The monoisotopic (exact) mass is 536 g/mol. The molecule has 1 unspecified atom stereocenters. The molecule has 0 saturated heterocycles. The van der Waals surface area contributed by atoms with Crippen LogP contribution in [0.3, 0.4) is 0 Å². The summed E-state index contributed by atoms with van der Waals surface area (Å²) in [6.07, 6.45) is 0.679. The fourth-order valence-electron chi connectivity index (χ4n) is 2.66. The summed E-state index contributed by atoms with van der Waals surface area (Å²) in [5, 5.41) is 6.39. The SMILES string of the molecule is CCN=C(NC(CC)CS(=O)(=O)c1ccccc1)N(C)Cc1csc(C)n1.I. The fraction of sp³-hybridized carbons (Fsp3) is 0.474. The first-order valence-corrected chi connectivity index (χ1v) is 11.6. The standard InChI is InChI=1S/C19H28N4O2S2.HI/c1-5-16(14-27(24,25)18-10-8-7-9-11-18)22-19(20-6-2)23(4)12-17-13-26-15(3)21-17;/h7-11,13,16H,5-6,12,14H2,1-4H3,(H,20,22);1H. The molecule has 1 heterocycles. The van der Waals surface area contributed by atoms with Gasteiger partial charge in [-0.1, -0.05) is 25.1 Å². The molecule has 1 aromatic carbocycles. The smallest absolute Gasteiger partial charge is 0.194 e. The molecule has 0 amide bonds. The number of nitrogens with zero attached hydrogens (tertiary/aromatic N) is 3. The molecule has 0 aliphatic carbocycles. The first-order valence-electron chi connectivity index (χ1n) is 9.06. The van der Waals surface area contributed by atoms with Crippen molar-refractivity contribution in [1.82, 2.24) is 15.2 Å². The third-order valence-electron chi connectivity index (χ3n) is 4.08. The molecule has 9 heteroatoms. The van der Waals surface area contributed by atoms with Crippen LogP contribution in [-0.4, -0.2) is 49.6 Å². The lowest BCUT2D eigenvalue weighted by molar-refractivity contribution is 0.454. The van der Waals surface area contributed by atoms with Crippen LogP contribution in [0.25, 0.3) is 0 Å². The molecule has 6 nitrogen and oxygen atoms in total. The molecule has 2 aromatic rings. The lowest BCUT2D eigenvalue weighted by atomic mass is 10.2. The minimum Gasteiger partial charge on any atom is -0.352 e. The van der Waals surface area contributed by atoms with Gasteiger partial charge in [0.05, 0.1) is 27.9 Å². The molecule has 0 bridgehead atoms. The number of benzene rings is 1. The fourth-order valence-corrected chi connectivity index (χ4v) is 4.87. The third-order valence-corrected chi connectivity index (χ3v) is 6.74. The van der Waals surface area contributed by atoms with Crippen LogP contribution in [0.2, 0.25) is 0 Å². The van der Waals surface area contributed by atoms with E-state index in [0.29, 0.717) is 30.4 Å². The van der Waals surface area contributed by atoms with Crippen molar-refractivity contribution in [2.75, 3.05) is 19.3 Å².